The maximum Gasteiger partial charge on any atom is 0.223 e. The molecule has 0 saturated heterocycles. The van der Waals surface area contributed by atoms with Crippen molar-refractivity contribution in [1.29, 1.82) is 0 Å². The fourth-order valence-corrected chi connectivity index (χ4v) is 2.51. The van der Waals surface area contributed by atoms with Gasteiger partial charge in [-0.25, -0.2) is 0 Å². The first kappa shape index (κ1) is 13.6. The standard InChI is InChI=1S/C13H22ClNO/c1-2-11-15(12-7-3-4-8-12)13(16)9-5-6-10-14/h2,12H,1,3-11H2. The summed E-state index contributed by atoms with van der Waals surface area (Å²) in [5, 5.41) is 0. The third kappa shape index (κ3) is 4.17. The predicted octanol–water partition coefficient (Wildman–Crippen LogP) is 3.35. The van der Waals surface area contributed by atoms with Crippen molar-refractivity contribution in [3.8, 4) is 0 Å². The smallest absolute Gasteiger partial charge is 0.223 e. The Morgan fingerprint density at radius 1 is 1.38 bits per heavy atom. The van der Waals surface area contributed by atoms with Crippen LogP contribution in [0.25, 0.3) is 0 Å². The number of hydrogen-bond donors (Lipinski definition) is 0. The van der Waals surface area contributed by atoms with Gasteiger partial charge in [-0.05, 0) is 25.7 Å². The van der Waals surface area contributed by atoms with Crippen LogP contribution in [-0.2, 0) is 4.79 Å². The highest BCUT2D eigenvalue weighted by Gasteiger charge is 2.24. The molecule has 0 bridgehead atoms. The van der Waals surface area contributed by atoms with Gasteiger partial charge in [0.2, 0.25) is 5.91 Å². The topological polar surface area (TPSA) is 20.3 Å². The van der Waals surface area contributed by atoms with E-state index in [1.165, 1.54) is 12.8 Å². The van der Waals surface area contributed by atoms with Crippen LogP contribution in [0.1, 0.15) is 44.9 Å². The van der Waals surface area contributed by atoms with E-state index in [1.807, 2.05) is 11.0 Å². The number of rotatable bonds is 7. The Morgan fingerprint density at radius 3 is 2.62 bits per heavy atom. The SMILES string of the molecule is C=CCN(C(=O)CCCCCl)C1CCCC1. The molecule has 0 aromatic carbocycles. The number of carbonyl (C=O) groups excluding carboxylic acids is 1. The summed E-state index contributed by atoms with van der Waals surface area (Å²) in [4.78, 5) is 14.0. The van der Waals surface area contributed by atoms with Crippen LogP contribution in [0.4, 0.5) is 0 Å². The maximum absolute atomic E-state index is 12.0. The lowest BCUT2D eigenvalue weighted by Crippen LogP contribution is -2.38. The van der Waals surface area contributed by atoms with Crippen molar-refractivity contribution in [2.24, 2.45) is 0 Å². The summed E-state index contributed by atoms with van der Waals surface area (Å²) in [6.07, 6.45) is 9.14. The van der Waals surface area contributed by atoms with Gasteiger partial charge in [0.05, 0.1) is 0 Å². The van der Waals surface area contributed by atoms with E-state index in [0.717, 1.165) is 25.7 Å². The lowest BCUT2D eigenvalue weighted by Gasteiger charge is -2.28. The Balaban J connectivity index is 2.41. The number of hydrogen-bond acceptors (Lipinski definition) is 1. The largest absolute Gasteiger partial charge is 0.336 e. The first-order valence-electron chi connectivity index (χ1n) is 6.26. The van der Waals surface area contributed by atoms with Crippen LogP contribution in [0.3, 0.4) is 0 Å². The minimum Gasteiger partial charge on any atom is -0.336 e. The summed E-state index contributed by atoms with van der Waals surface area (Å²) >= 11 is 5.61. The Bertz CT molecular complexity index is 224. The van der Waals surface area contributed by atoms with E-state index < -0.39 is 0 Å². The average Bonchev–Trinajstić information content (AvgIpc) is 2.79. The van der Waals surface area contributed by atoms with Crippen molar-refractivity contribution >= 4 is 17.5 Å². The summed E-state index contributed by atoms with van der Waals surface area (Å²) in [7, 11) is 0. The molecule has 0 N–H and O–H groups in total. The molecule has 0 radical (unpaired) electrons. The van der Waals surface area contributed by atoms with E-state index in [-0.39, 0.29) is 5.91 Å². The van der Waals surface area contributed by atoms with Crippen LogP contribution >= 0.6 is 11.6 Å². The van der Waals surface area contributed by atoms with E-state index in [9.17, 15) is 4.79 Å². The van der Waals surface area contributed by atoms with Crippen molar-refractivity contribution in [3.63, 3.8) is 0 Å². The molecule has 0 heterocycles. The zero-order valence-corrected chi connectivity index (χ0v) is 10.7. The second kappa shape index (κ2) is 7.72. The molecular weight excluding hydrogens is 222 g/mol. The van der Waals surface area contributed by atoms with Crippen molar-refractivity contribution in [2.75, 3.05) is 12.4 Å². The van der Waals surface area contributed by atoms with Gasteiger partial charge in [0.1, 0.15) is 0 Å². The van der Waals surface area contributed by atoms with E-state index >= 15 is 0 Å². The number of alkyl halides is 1. The maximum atomic E-state index is 12.0. The molecule has 2 nitrogen and oxygen atoms in total. The van der Waals surface area contributed by atoms with Crippen LogP contribution in [0.5, 0.6) is 0 Å². The van der Waals surface area contributed by atoms with Gasteiger partial charge in [-0.3, -0.25) is 4.79 Å². The van der Waals surface area contributed by atoms with Gasteiger partial charge < -0.3 is 4.90 Å². The molecular formula is C13H22ClNO. The molecule has 0 spiro atoms. The van der Waals surface area contributed by atoms with E-state index in [1.54, 1.807) is 0 Å². The molecule has 16 heavy (non-hydrogen) atoms. The zero-order chi connectivity index (χ0) is 11.8. The zero-order valence-electron chi connectivity index (χ0n) is 9.96. The van der Waals surface area contributed by atoms with Crippen molar-refractivity contribution in [1.82, 2.24) is 4.90 Å². The number of halogens is 1. The second-order valence-corrected chi connectivity index (χ2v) is 4.80. The summed E-state index contributed by atoms with van der Waals surface area (Å²) in [5.74, 6) is 0.926. The molecule has 0 atom stereocenters. The number of carbonyl (C=O) groups is 1. The van der Waals surface area contributed by atoms with Crippen LogP contribution in [-0.4, -0.2) is 29.3 Å². The molecule has 0 aromatic rings. The van der Waals surface area contributed by atoms with Crippen LogP contribution in [0.15, 0.2) is 12.7 Å². The lowest BCUT2D eigenvalue weighted by atomic mass is 10.1. The van der Waals surface area contributed by atoms with Gasteiger partial charge in [-0.1, -0.05) is 18.9 Å². The van der Waals surface area contributed by atoms with Gasteiger partial charge in [0.25, 0.3) is 0 Å². The van der Waals surface area contributed by atoms with Gasteiger partial charge in [0, 0.05) is 24.9 Å². The van der Waals surface area contributed by atoms with E-state index in [0.29, 0.717) is 24.9 Å². The Morgan fingerprint density at radius 2 is 2.06 bits per heavy atom. The Kier molecular flexibility index (Phi) is 6.55. The first-order chi connectivity index (χ1) is 7.79. The monoisotopic (exact) mass is 243 g/mol. The minimum atomic E-state index is 0.275. The third-order valence-corrected chi connectivity index (χ3v) is 3.45. The molecule has 1 fully saturated rings. The van der Waals surface area contributed by atoms with Gasteiger partial charge in [-0.15, -0.1) is 18.2 Å². The lowest BCUT2D eigenvalue weighted by molar-refractivity contribution is -0.132. The average molecular weight is 244 g/mol. The number of unbranched alkanes of at least 4 members (excludes halogenated alkanes) is 1. The fourth-order valence-electron chi connectivity index (χ4n) is 2.32. The molecule has 0 aromatic heterocycles. The molecule has 3 heteroatoms. The second-order valence-electron chi connectivity index (χ2n) is 4.42. The number of nitrogens with zero attached hydrogens (tertiary/aromatic N) is 1. The Hall–Kier alpha value is -0.500. The van der Waals surface area contributed by atoms with Gasteiger partial charge >= 0.3 is 0 Å². The normalized spacial score (nSPS) is 16.3. The summed E-state index contributed by atoms with van der Waals surface area (Å²) < 4.78 is 0. The highest BCUT2D eigenvalue weighted by Crippen LogP contribution is 2.24. The summed E-state index contributed by atoms with van der Waals surface area (Å²) in [6, 6.07) is 0.460. The van der Waals surface area contributed by atoms with Gasteiger partial charge in [-0.2, -0.15) is 0 Å². The quantitative estimate of drug-likeness (QED) is 0.382. The molecule has 1 saturated carbocycles. The van der Waals surface area contributed by atoms with Crippen LogP contribution < -0.4 is 0 Å². The van der Waals surface area contributed by atoms with E-state index in [2.05, 4.69) is 6.58 Å². The minimum absolute atomic E-state index is 0.275. The predicted molar refractivity (Wildman–Crippen MR) is 68.7 cm³/mol. The molecule has 92 valence electrons. The van der Waals surface area contributed by atoms with E-state index in [4.69, 9.17) is 11.6 Å². The summed E-state index contributed by atoms with van der Waals surface area (Å²) in [5.41, 5.74) is 0. The van der Waals surface area contributed by atoms with Crippen molar-refractivity contribution in [2.45, 2.75) is 51.0 Å². The van der Waals surface area contributed by atoms with Crippen molar-refractivity contribution in [3.05, 3.63) is 12.7 Å². The van der Waals surface area contributed by atoms with Crippen LogP contribution in [0, 0.1) is 0 Å². The fraction of sp³-hybridized carbons (Fsp3) is 0.769. The highest BCUT2D eigenvalue weighted by atomic mass is 35.5. The Labute approximate surface area is 104 Å². The molecule has 0 aliphatic heterocycles. The molecule has 1 aliphatic rings. The van der Waals surface area contributed by atoms with Crippen LogP contribution in [0.2, 0.25) is 0 Å². The molecule has 1 amide bonds. The molecule has 0 unspecified atom stereocenters. The van der Waals surface area contributed by atoms with Gasteiger partial charge in [0.15, 0.2) is 0 Å². The molecule has 1 rings (SSSR count). The number of amides is 1. The first-order valence-corrected chi connectivity index (χ1v) is 6.79. The molecule has 1 aliphatic carbocycles. The summed E-state index contributed by atoms with van der Waals surface area (Å²) in [6.45, 7) is 4.43. The third-order valence-electron chi connectivity index (χ3n) is 3.19. The van der Waals surface area contributed by atoms with Crippen molar-refractivity contribution < 1.29 is 4.79 Å². The highest BCUT2D eigenvalue weighted by molar-refractivity contribution is 6.17.